The molecule has 0 spiro atoms. The third kappa shape index (κ3) is 6.55. The minimum atomic E-state index is -0.138. The summed E-state index contributed by atoms with van der Waals surface area (Å²) in [5, 5.41) is 18.1. The number of hydrogen-bond donors (Lipinski definition) is 2. The van der Waals surface area contributed by atoms with Crippen LogP contribution in [0, 0.1) is 0 Å². The van der Waals surface area contributed by atoms with Crippen LogP contribution in [0.3, 0.4) is 0 Å². The lowest BCUT2D eigenvalue weighted by atomic mass is 10.1. The quantitative estimate of drug-likeness (QED) is 0.640. The Balaban J connectivity index is 2.28. The highest BCUT2D eigenvalue weighted by Crippen LogP contribution is 2.15. The van der Waals surface area contributed by atoms with Gasteiger partial charge in [0, 0.05) is 12.1 Å². The van der Waals surface area contributed by atoms with Crippen molar-refractivity contribution in [3.05, 3.63) is 23.5 Å². The van der Waals surface area contributed by atoms with E-state index in [4.69, 9.17) is 14.9 Å². The number of rotatable bonds is 10. The van der Waals surface area contributed by atoms with Crippen molar-refractivity contribution in [2.45, 2.75) is 58.7 Å². The smallest absolute Gasteiger partial charge is 0.123 e. The fourth-order valence-electron chi connectivity index (χ4n) is 1.94. The molecule has 0 atom stereocenters. The van der Waals surface area contributed by atoms with Crippen LogP contribution < -0.4 is 4.74 Å². The topological polar surface area (TPSA) is 62.6 Å². The average Bonchev–Trinajstić information content (AvgIpc) is 2.45. The number of unbranched alkanes of at least 4 members (excludes halogenated alkanes) is 5. The van der Waals surface area contributed by atoms with E-state index in [1.807, 2.05) is 0 Å². The van der Waals surface area contributed by atoms with E-state index in [2.05, 4.69) is 11.9 Å². The summed E-state index contributed by atoms with van der Waals surface area (Å²) in [4.78, 5) is 4.07. The molecule has 0 saturated carbocycles. The molecule has 4 nitrogen and oxygen atoms in total. The number of ether oxygens (including phenoxy) is 1. The molecule has 1 aromatic heterocycles. The van der Waals surface area contributed by atoms with Gasteiger partial charge in [-0.15, -0.1) is 0 Å². The van der Waals surface area contributed by atoms with E-state index < -0.39 is 0 Å². The van der Waals surface area contributed by atoms with Gasteiger partial charge in [0.15, 0.2) is 0 Å². The molecule has 0 aliphatic heterocycles. The van der Waals surface area contributed by atoms with Crippen LogP contribution in [-0.2, 0) is 13.2 Å². The highest BCUT2D eigenvalue weighted by atomic mass is 16.5. The molecular weight excluding hydrogens is 242 g/mol. The van der Waals surface area contributed by atoms with Crippen LogP contribution in [0.25, 0.3) is 0 Å². The molecule has 0 amide bonds. The molecule has 1 rings (SSSR count). The lowest BCUT2D eigenvalue weighted by Crippen LogP contribution is -2.01. The highest BCUT2D eigenvalue weighted by Gasteiger charge is 2.02. The number of aliphatic hydroxyl groups is 2. The second-order valence-electron chi connectivity index (χ2n) is 4.72. The molecule has 0 saturated heterocycles. The third-order valence-electron chi connectivity index (χ3n) is 3.00. The minimum absolute atomic E-state index is 0.138. The van der Waals surface area contributed by atoms with Crippen molar-refractivity contribution in [1.29, 1.82) is 0 Å². The first-order valence-corrected chi connectivity index (χ1v) is 7.14. The summed E-state index contributed by atoms with van der Waals surface area (Å²) in [6.45, 7) is 2.61. The van der Waals surface area contributed by atoms with Crippen molar-refractivity contribution < 1.29 is 14.9 Å². The Kier molecular flexibility index (Phi) is 8.18. The maximum atomic E-state index is 9.07. The zero-order valence-corrected chi connectivity index (χ0v) is 11.8. The summed E-state index contributed by atoms with van der Waals surface area (Å²) in [7, 11) is 0. The van der Waals surface area contributed by atoms with E-state index in [-0.39, 0.29) is 13.2 Å². The average molecular weight is 267 g/mol. The number of nitrogens with zero attached hydrogens (tertiary/aromatic N) is 1. The predicted molar refractivity (Wildman–Crippen MR) is 75.0 cm³/mol. The monoisotopic (exact) mass is 267 g/mol. The third-order valence-corrected chi connectivity index (χ3v) is 3.00. The summed E-state index contributed by atoms with van der Waals surface area (Å²) < 4.78 is 5.64. The van der Waals surface area contributed by atoms with Crippen molar-refractivity contribution in [1.82, 2.24) is 4.98 Å². The molecule has 0 fully saturated rings. The summed E-state index contributed by atoms with van der Waals surface area (Å²) in [6, 6.07) is 3.44. The van der Waals surface area contributed by atoms with E-state index in [1.165, 1.54) is 32.1 Å². The molecule has 19 heavy (non-hydrogen) atoms. The Morgan fingerprint density at radius 1 is 0.947 bits per heavy atom. The van der Waals surface area contributed by atoms with Crippen molar-refractivity contribution in [3.8, 4) is 5.75 Å². The first-order chi connectivity index (χ1) is 9.30. The Hall–Kier alpha value is -1.13. The molecule has 1 heterocycles. The maximum Gasteiger partial charge on any atom is 0.123 e. The van der Waals surface area contributed by atoms with Crippen LogP contribution in [0.5, 0.6) is 5.75 Å². The summed E-state index contributed by atoms with van der Waals surface area (Å²) >= 11 is 0. The first-order valence-electron chi connectivity index (χ1n) is 7.14. The van der Waals surface area contributed by atoms with Gasteiger partial charge in [-0.1, -0.05) is 39.0 Å². The van der Waals surface area contributed by atoms with Gasteiger partial charge in [0.25, 0.3) is 0 Å². The van der Waals surface area contributed by atoms with Gasteiger partial charge < -0.3 is 14.9 Å². The van der Waals surface area contributed by atoms with Crippen LogP contribution in [0.1, 0.15) is 56.8 Å². The van der Waals surface area contributed by atoms with Crippen LogP contribution in [0.2, 0.25) is 0 Å². The van der Waals surface area contributed by atoms with Crippen LogP contribution in [0.4, 0.5) is 0 Å². The van der Waals surface area contributed by atoms with Gasteiger partial charge in [0.05, 0.1) is 31.2 Å². The molecule has 108 valence electrons. The van der Waals surface area contributed by atoms with Crippen LogP contribution in [-0.4, -0.2) is 21.8 Å². The van der Waals surface area contributed by atoms with E-state index in [0.29, 0.717) is 23.7 Å². The Labute approximate surface area is 115 Å². The maximum absolute atomic E-state index is 9.07. The first kappa shape index (κ1) is 15.9. The predicted octanol–water partition coefficient (Wildman–Crippen LogP) is 2.81. The molecule has 0 aromatic carbocycles. The van der Waals surface area contributed by atoms with Gasteiger partial charge in [-0.05, 0) is 6.42 Å². The fourth-order valence-corrected chi connectivity index (χ4v) is 1.94. The molecule has 2 N–H and O–H groups in total. The van der Waals surface area contributed by atoms with E-state index in [1.54, 1.807) is 12.1 Å². The van der Waals surface area contributed by atoms with Gasteiger partial charge in [0.2, 0.25) is 0 Å². The molecule has 0 radical (unpaired) electrons. The normalized spacial score (nSPS) is 10.7. The SMILES string of the molecule is CCCCCCCCOc1cc(CO)nc(CO)c1. The molecule has 0 bridgehead atoms. The molecule has 0 unspecified atom stereocenters. The number of aliphatic hydroxyl groups excluding tert-OH is 2. The van der Waals surface area contributed by atoms with Crippen LogP contribution in [0.15, 0.2) is 12.1 Å². The Morgan fingerprint density at radius 3 is 2.11 bits per heavy atom. The van der Waals surface area contributed by atoms with E-state index in [9.17, 15) is 0 Å². The lowest BCUT2D eigenvalue weighted by molar-refractivity contribution is 0.260. The van der Waals surface area contributed by atoms with E-state index in [0.717, 1.165) is 6.42 Å². The largest absolute Gasteiger partial charge is 0.493 e. The zero-order valence-electron chi connectivity index (χ0n) is 11.8. The molecule has 4 heteroatoms. The second kappa shape index (κ2) is 9.75. The molecule has 0 aliphatic carbocycles. The zero-order chi connectivity index (χ0) is 13.9. The second-order valence-corrected chi connectivity index (χ2v) is 4.72. The summed E-state index contributed by atoms with van der Waals surface area (Å²) in [5.41, 5.74) is 1.06. The van der Waals surface area contributed by atoms with Crippen LogP contribution >= 0.6 is 0 Å². The number of pyridine rings is 1. The highest BCUT2D eigenvalue weighted by molar-refractivity contribution is 5.26. The Bertz CT molecular complexity index is 333. The van der Waals surface area contributed by atoms with Crippen molar-refractivity contribution in [2.24, 2.45) is 0 Å². The lowest BCUT2D eigenvalue weighted by Gasteiger charge is -2.09. The van der Waals surface area contributed by atoms with Gasteiger partial charge in [-0.3, -0.25) is 4.98 Å². The van der Waals surface area contributed by atoms with Crippen molar-refractivity contribution in [2.75, 3.05) is 6.61 Å². The van der Waals surface area contributed by atoms with Crippen molar-refractivity contribution >= 4 is 0 Å². The van der Waals surface area contributed by atoms with Gasteiger partial charge in [0.1, 0.15) is 5.75 Å². The fraction of sp³-hybridized carbons (Fsp3) is 0.667. The van der Waals surface area contributed by atoms with Crippen molar-refractivity contribution in [3.63, 3.8) is 0 Å². The molecule has 0 aliphatic rings. The Morgan fingerprint density at radius 2 is 1.53 bits per heavy atom. The van der Waals surface area contributed by atoms with E-state index >= 15 is 0 Å². The number of aromatic nitrogens is 1. The molecule has 1 aromatic rings. The minimum Gasteiger partial charge on any atom is -0.493 e. The molecular formula is C15H25NO3. The summed E-state index contributed by atoms with van der Waals surface area (Å²) in [6.07, 6.45) is 7.36. The summed E-state index contributed by atoms with van der Waals surface area (Å²) in [5.74, 6) is 0.677. The van der Waals surface area contributed by atoms with Gasteiger partial charge in [-0.25, -0.2) is 0 Å². The standard InChI is InChI=1S/C15H25NO3/c1-2-3-4-5-6-7-8-19-15-9-13(11-17)16-14(10-15)12-18/h9-10,17-18H,2-8,11-12H2,1H3. The number of hydrogen-bond acceptors (Lipinski definition) is 4. The van der Waals surface area contributed by atoms with Gasteiger partial charge in [-0.2, -0.15) is 0 Å². The van der Waals surface area contributed by atoms with Gasteiger partial charge >= 0.3 is 0 Å².